The van der Waals surface area contributed by atoms with Crippen LogP contribution in [0.15, 0.2) is 53.3 Å². The number of nitrogens with zero attached hydrogens (tertiary/aromatic N) is 4. The Balaban J connectivity index is 1.07. The summed E-state index contributed by atoms with van der Waals surface area (Å²) in [5, 5.41) is 8.33. The SMILES string of the molecule is COc1ccc(CN2CCN(C(=O)CCc3nnc(-c4ccc(OCC5CCC5)cc4)[nH]c3=O)CC2)cc1. The fourth-order valence-corrected chi connectivity index (χ4v) is 4.76. The van der Waals surface area contributed by atoms with Gasteiger partial charge in [-0.3, -0.25) is 14.5 Å². The van der Waals surface area contributed by atoms with Crippen LogP contribution in [-0.2, 0) is 17.8 Å². The molecule has 9 nitrogen and oxygen atoms in total. The van der Waals surface area contributed by atoms with Gasteiger partial charge in [-0.1, -0.05) is 18.6 Å². The van der Waals surface area contributed by atoms with Gasteiger partial charge in [0.15, 0.2) is 5.82 Å². The van der Waals surface area contributed by atoms with E-state index in [2.05, 4.69) is 32.2 Å². The Morgan fingerprint density at radius 3 is 2.32 bits per heavy atom. The molecule has 1 amide bonds. The van der Waals surface area contributed by atoms with Crippen molar-refractivity contribution in [1.82, 2.24) is 25.0 Å². The van der Waals surface area contributed by atoms with Crippen LogP contribution in [0.25, 0.3) is 11.4 Å². The molecule has 0 spiro atoms. The number of nitrogens with one attached hydrogen (secondary N) is 1. The number of hydrogen-bond acceptors (Lipinski definition) is 7. The van der Waals surface area contributed by atoms with E-state index in [-0.39, 0.29) is 30.0 Å². The molecule has 0 atom stereocenters. The van der Waals surface area contributed by atoms with Crippen molar-refractivity contribution in [1.29, 1.82) is 0 Å². The van der Waals surface area contributed by atoms with Crippen LogP contribution >= 0.6 is 0 Å². The normalized spacial score (nSPS) is 16.2. The first-order valence-corrected chi connectivity index (χ1v) is 13.4. The topological polar surface area (TPSA) is 101 Å². The van der Waals surface area contributed by atoms with Crippen molar-refractivity contribution in [2.45, 2.75) is 38.6 Å². The van der Waals surface area contributed by atoms with E-state index >= 15 is 0 Å². The number of aromatic nitrogens is 3. The predicted octanol–water partition coefficient (Wildman–Crippen LogP) is 3.30. The van der Waals surface area contributed by atoms with Crippen LogP contribution in [0.5, 0.6) is 11.5 Å². The average molecular weight is 518 g/mol. The molecule has 38 heavy (non-hydrogen) atoms. The van der Waals surface area contributed by atoms with Crippen LogP contribution in [0, 0.1) is 5.92 Å². The number of benzene rings is 2. The minimum absolute atomic E-state index is 0.0388. The molecule has 2 heterocycles. The first-order chi connectivity index (χ1) is 18.6. The zero-order valence-electron chi connectivity index (χ0n) is 21.9. The molecule has 9 heteroatoms. The first kappa shape index (κ1) is 25.9. The summed E-state index contributed by atoms with van der Waals surface area (Å²) in [7, 11) is 1.66. The van der Waals surface area contributed by atoms with Crippen LogP contribution in [-0.4, -0.2) is 70.8 Å². The lowest BCUT2D eigenvalue weighted by atomic mass is 9.86. The Bertz CT molecular complexity index is 1260. The monoisotopic (exact) mass is 517 g/mol. The van der Waals surface area contributed by atoms with Gasteiger partial charge >= 0.3 is 0 Å². The summed E-state index contributed by atoms with van der Waals surface area (Å²) in [4.78, 5) is 32.4. The molecule has 3 aromatic rings. The standard InChI is InChI=1S/C29H35N5O4/c1-37-24-9-5-21(6-10-24)19-33-15-17-34(18-16-33)27(35)14-13-26-29(36)30-28(32-31-26)23-7-11-25(12-8-23)38-20-22-3-2-4-22/h5-12,22H,2-4,13-20H2,1H3,(H,30,32,36). The van der Waals surface area contributed by atoms with E-state index in [0.717, 1.165) is 43.3 Å². The zero-order chi connectivity index (χ0) is 26.3. The molecule has 1 aromatic heterocycles. The zero-order valence-corrected chi connectivity index (χ0v) is 21.9. The molecule has 2 aliphatic rings. The maximum atomic E-state index is 12.8. The maximum absolute atomic E-state index is 12.8. The molecule has 0 unspecified atom stereocenters. The van der Waals surface area contributed by atoms with E-state index in [1.54, 1.807) is 7.11 Å². The van der Waals surface area contributed by atoms with Crippen LogP contribution in [0.2, 0.25) is 0 Å². The van der Waals surface area contributed by atoms with Crippen LogP contribution in [0.1, 0.15) is 36.9 Å². The van der Waals surface area contributed by atoms with Gasteiger partial charge in [0.05, 0.1) is 13.7 Å². The van der Waals surface area contributed by atoms with Gasteiger partial charge in [-0.15, -0.1) is 10.2 Å². The second-order valence-electron chi connectivity index (χ2n) is 10.1. The predicted molar refractivity (Wildman–Crippen MR) is 144 cm³/mol. The van der Waals surface area contributed by atoms with Crippen molar-refractivity contribution < 1.29 is 14.3 Å². The first-order valence-electron chi connectivity index (χ1n) is 13.4. The minimum atomic E-state index is -0.308. The second kappa shape index (κ2) is 12.2. The molecule has 1 saturated carbocycles. The van der Waals surface area contributed by atoms with Crippen LogP contribution in [0.3, 0.4) is 0 Å². The van der Waals surface area contributed by atoms with Gasteiger partial charge in [0, 0.05) is 51.1 Å². The van der Waals surface area contributed by atoms with Gasteiger partial charge in [-0.05, 0) is 60.7 Å². The summed E-state index contributed by atoms with van der Waals surface area (Å²) in [5.41, 5.74) is 1.96. The van der Waals surface area contributed by atoms with Gasteiger partial charge in [0.2, 0.25) is 5.91 Å². The third-order valence-corrected chi connectivity index (χ3v) is 7.47. The molecule has 2 fully saturated rings. The number of aryl methyl sites for hydroxylation is 1. The minimum Gasteiger partial charge on any atom is -0.497 e. The van der Waals surface area contributed by atoms with Gasteiger partial charge in [-0.25, -0.2) is 0 Å². The summed E-state index contributed by atoms with van der Waals surface area (Å²) >= 11 is 0. The van der Waals surface area contributed by atoms with E-state index in [4.69, 9.17) is 9.47 Å². The number of aromatic amines is 1. The Kier molecular flexibility index (Phi) is 8.33. The molecule has 1 N–H and O–H groups in total. The molecule has 5 rings (SSSR count). The van der Waals surface area contributed by atoms with Crippen LogP contribution in [0.4, 0.5) is 0 Å². The van der Waals surface area contributed by atoms with Crippen molar-refractivity contribution in [2.75, 3.05) is 39.9 Å². The molecule has 1 aliphatic heterocycles. The highest BCUT2D eigenvalue weighted by atomic mass is 16.5. The van der Waals surface area contributed by atoms with Gasteiger partial charge in [0.25, 0.3) is 5.56 Å². The van der Waals surface area contributed by atoms with Gasteiger partial charge in [0.1, 0.15) is 17.2 Å². The van der Waals surface area contributed by atoms with E-state index in [1.807, 2.05) is 41.3 Å². The van der Waals surface area contributed by atoms with Crippen molar-refractivity contribution in [3.05, 3.63) is 70.1 Å². The smallest absolute Gasteiger partial charge is 0.273 e. The Morgan fingerprint density at radius 2 is 1.68 bits per heavy atom. The fraction of sp³-hybridized carbons (Fsp3) is 0.448. The lowest BCUT2D eigenvalue weighted by Gasteiger charge is -2.34. The number of H-pyrrole nitrogens is 1. The molecule has 2 aromatic carbocycles. The molecule has 0 radical (unpaired) electrons. The number of ether oxygens (including phenoxy) is 2. The number of methoxy groups -OCH3 is 1. The van der Waals surface area contributed by atoms with Crippen molar-refractivity contribution >= 4 is 5.91 Å². The van der Waals surface area contributed by atoms with Crippen molar-refractivity contribution in [3.63, 3.8) is 0 Å². The van der Waals surface area contributed by atoms with Gasteiger partial charge in [-0.2, -0.15) is 0 Å². The van der Waals surface area contributed by atoms with E-state index in [0.29, 0.717) is 24.8 Å². The lowest BCUT2D eigenvalue weighted by Crippen LogP contribution is -2.48. The highest BCUT2D eigenvalue weighted by Crippen LogP contribution is 2.27. The van der Waals surface area contributed by atoms with E-state index in [1.165, 1.54) is 24.8 Å². The molecule has 1 aliphatic carbocycles. The summed E-state index contributed by atoms with van der Waals surface area (Å²) in [6.45, 7) is 4.59. The summed E-state index contributed by atoms with van der Waals surface area (Å²) < 4.78 is 11.1. The quantitative estimate of drug-likeness (QED) is 0.440. The number of hydrogen-bond donors (Lipinski definition) is 1. The molecular weight excluding hydrogens is 482 g/mol. The average Bonchev–Trinajstić information content (AvgIpc) is 2.92. The third kappa shape index (κ3) is 6.58. The number of rotatable bonds is 10. The van der Waals surface area contributed by atoms with Gasteiger partial charge < -0.3 is 19.4 Å². The largest absolute Gasteiger partial charge is 0.497 e. The highest BCUT2D eigenvalue weighted by molar-refractivity contribution is 5.76. The Hall–Kier alpha value is -3.72. The highest BCUT2D eigenvalue weighted by Gasteiger charge is 2.22. The number of carbonyl (C=O) groups excluding carboxylic acids is 1. The van der Waals surface area contributed by atoms with E-state index in [9.17, 15) is 9.59 Å². The lowest BCUT2D eigenvalue weighted by molar-refractivity contribution is -0.133. The Morgan fingerprint density at radius 1 is 0.974 bits per heavy atom. The fourth-order valence-electron chi connectivity index (χ4n) is 4.76. The molecular formula is C29H35N5O4. The van der Waals surface area contributed by atoms with Crippen LogP contribution < -0.4 is 15.0 Å². The summed E-state index contributed by atoms with van der Waals surface area (Å²) in [6.07, 6.45) is 4.29. The maximum Gasteiger partial charge on any atom is 0.273 e. The van der Waals surface area contributed by atoms with Crippen molar-refractivity contribution in [2.24, 2.45) is 5.92 Å². The third-order valence-electron chi connectivity index (χ3n) is 7.47. The molecule has 0 bridgehead atoms. The summed E-state index contributed by atoms with van der Waals surface area (Å²) in [6, 6.07) is 15.6. The summed E-state index contributed by atoms with van der Waals surface area (Å²) in [5.74, 6) is 2.78. The van der Waals surface area contributed by atoms with Crippen molar-refractivity contribution in [3.8, 4) is 22.9 Å². The Labute approximate surface area is 222 Å². The molecule has 200 valence electrons. The second-order valence-corrected chi connectivity index (χ2v) is 10.1. The molecule has 1 saturated heterocycles. The number of amides is 1. The van der Waals surface area contributed by atoms with E-state index < -0.39 is 0 Å². The number of carbonyl (C=O) groups is 1. The number of piperazine rings is 1.